The molecule has 1 amide bonds. The maximum atomic E-state index is 13.2. The third-order valence-corrected chi connectivity index (χ3v) is 4.08. The van der Waals surface area contributed by atoms with Crippen LogP contribution >= 0.6 is 0 Å². The highest BCUT2D eigenvalue weighted by Gasteiger charge is 2.63. The summed E-state index contributed by atoms with van der Waals surface area (Å²) in [5.74, 6) is -0.493. The quantitative estimate of drug-likeness (QED) is 0.835. The summed E-state index contributed by atoms with van der Waals surface area (Å²) in [7, 11) is 1.48. The first kappa shape index (κ1) is 19.7. The van der Waals surface area contributed by atoms with Gasteiger partial charge in [0.05, 0.1) is 7.11 Å². The molecule has 7 nitrogen and oxygen atoms in total. The van der Waals surface area contributed by atoms with Crippen molar-refractivity contribution in [2.45, 2.75) is 31.9 Å². The molecule has 0 aliphatic carbocycles. The Hall–Kier alpha value is -3.01. The van der Waals surface area contributed by atoms with Gasteiger partial charge in [0.15, 0.2) is 17.3 Å². The summed E-state index contributed by atoms with van der Waals surface area (Å²) >= 11 is 0. The Bertz CT molecular complexity index is 909. The van der Waals surface area contributed by atoms with E-state index in [1.807, 2.05) is 0 Å². The van der Waals surface area contributed by atoms with Crippen LogP contribution in [-0.2, 0) is 6.61 Å². The highest BCUT2D eigenvalue weighted by atomic mass is 19.4. The third-order valence-electron chi connectivity index (χ3n) is 4.08. The number of alkyl halides is 3. The number of hydrogen-bond donors (Lipinski definition) is 1. The molecular formula is C18H17F3N2O5. The van der Waals surface area contributed by atoms with Crippen LogP contribution in [-0.4, -0.2) is 40.7 Å². The van der Waals surface area contributed by atoms with Crippen LogP contribution in [0.5, 0.6) is 11.5 Å². The van der Waals surface area contributed by atoms with Crippen LogP contribution in [0.3, 0.4) is 0 Å². The van der Waals surface area contributed by atoms with Crippen LogP contribution in [0.15, 0.2) is 45.9 Å². The zero-order valence-electron chi connectivity index (χ0n) is 15.0. The summed E-state index contributed by atoms with van der Waals surface area (Å²) in [4.78, 5) is 12.4. The molecule has 0 bridgehead atoms. The van der Waals surface area contributed by atoms with E-state index >= 15 is 0 Å². The van der Waals surface area contributed by atoms with E-state index in [0.717, 1.165) is 0 Å². The predicted octanol–water partition coefficient (Wildman–Crippen LogP) is 3.34. The molecule has 3 rings (SSSR count). The van der Waals surface area contributed by atoms with Crippen LogP contribution in [0.2, 0.25) is 0 Å². The van der Waals surface area contributed by atoms with Crippen molar-refractivity contribution in [3.8, 4) is 11.5 Å². The summed E-state index contributed by atoms with van der Waals surface area (Å²) in [6.45, 7) is 1.21. The SMILES string of the molecule is COc1ccccc1OCc1ccc(C(=O)N2N=C(C)C[C@]2(O)C(F)(F)F)o1. The Morgan fingerprint density at radius 3 is 2.61 bits per heavy atom. The van der Waals surface area contributed by atoms with Gasteiger partial charge < -0.3 is 19.0 Å². The van der Waals surface area contributed by atoms with E-state index in [1.54, 1.807) is 24.3 Å². The second-order valence-electron chi connectivity index (χ2n) is 6.15. The minimum Gasteiger partial charge on any atom is -0.493 e. The van der Waals surface area contributed by atoms with Gasteiger partial charge in [0, 0.05) is 12.1 Å². The lowest BCUT2D eigenvalue weighted by molar-refractivity contribution is -0.297. The number of nitrogens with zero attached hydrogens (tertiary/aromatic N) is 2. The Morgan fingerprint density at radius 1 is 1.29 bits per heavy atom. The number of rotatable bonds is 5. The summed E-state index contributed by atoms with van der Waals surface area (Å²) in [5.41, 5.74) is -3.44. The second-order valence-corrected chi connectivity index (χ2v) is 6.15. The number of furan rings is 1. The van der Waals surface area contributed by atoms with Crippen molar-refractivity contribution in [3.05, 3.63) is 47.9 Å². The van der Waals surface area contributed by atoms with E-state index < -0.39 is 30.0 Å². The molecule has 150 valence electrons. The number of ether oxygens (including phenoxy) is 2. The zero-order chi connectivity index (χ0) is 20.5. The maximum absolute atomic E-state index is 13.2. The molecule has 10 heteroatoms. The van der Waals surface area contributed by atoms with Gasteiger partial charge in [-0.1, -0.05) is 12.1 Å². The summed E-state index contributed by atoms with van der Waals surface area (Å²) in [6, 6.07) is 9.44. The standard InChI is InChI=1S/C18H17F3N2O5/c1-11-9-17(25,18(19,20)21)23(22-11)16(24)15-8-7-12(28-15)10-27-14-6-4-3-5-13(14)26-2/h3-8,25H,9-10H2,1-2H3/t17-/m0/s1. The molecule has 1 aliphatic rings. The average molecular weight is 398 g/mol. The van der Waals surface area contributed by atoms with Gasteiger partial charge in [-0.25, -0.2) is 0 Å². The number of benzene rings is 1. The molecule has 0 saturated heterocycles. The minimum absolute atomic E-state index is 0.00598. The average Bonchev–Trinajstić information content (AvgIpc) is 3.24. The fraction of sp³-hybridized carbons (Fsp3) is 0.333. The molecule has 0 radical (unpaired) electrons. The largest absolute Gasteiger partial charge is 0.493 e. The molecule has 0 saturated carbocycles. The van der Waals surface area contributed by atoms with Gasteiger partial charge in [0.1, 0.15) is 12.4 Å². The smallest absolute Gasteiger partial charge is 0.438 e. The lowest BCUT2D eigenvalue weighted by Crippen LogP contribution is -2.56. The number of aliphatic hydroxyl groups is 1. The summed E-state index contributed by atoms with van der Waals surface area (Å²) in [6.07, 6.45) is -5.90. The van der Waals surface area contributed by atoms with Gasteiger partial charge in [0.25, 0.3) is 5.72 Å². The lowest BCUT2D eigenvalue weighted by Gasteiger charge is -2.32. The fourth-order valence-corrected chi connectivity index (χ4v) is 2.72. The van der Waals surface area contributed by atoms with Gasteiger partial charge in [-0.05, 0) is 31.2 Å². The van der Waals surface area contributed by atoms with Crippen molar-refractivity contribution < 1.29 is 37.0 Å². The van der Waals surface area contributed by atoms with Gasteiger partial charge in [0.2, 0.25) is 0 Å². The van der Waals surface area contributed by atoms with E-state index in [-0.39, 0.29) is 23.1 Å². The number of halogens is 3. The molecular weight excluding hydrogens is 381 g/mol. The Morgan fingerprint density at radius 2 is 1.96 bits per heavy atom. The Labute approximate surface area is 158 Å². The molecule has 28 heavy (non-hydrogen) atoms. The molecule has 2 heterocycles. The van der Waals surface area contributed by atoms with Crippen molar-refractivity contribution in [1.29, 1.82) is 0 Å². The molecule has 1 aromatic carbocycles. The highest BCUT2D eigenvalue weighted by molar-refractivity contribution is 5.96. The molecule has 1 aliphatic heterocycles. The predicted molar refractivity (Wildman–Crippen MR) is 90.9 cm³/mol. The number of methoxy groups -OCH3 is 1. The number of carbonyl (C=O) groups excluding carboxylic acids is 1. The summed E-state index contributed by atoms with van der Waals surface area (Å²) in [5, 5.41) is 13.5. The van der Waals surface area contributed by atoms with Crippen molar-refractivity contribution in [1.82, 2.24) is 5.01 Å². The van der Waals surface area contributed by atoms with Crippen molar-refractivity contribution in [2.75, 3.05) is 7.11 Å². The normalized spacial score (nSPS) is 19.5. The van der Waals surface area contributed by atoms with Crippen molar-refractivity contribution in [3.63, 3.8) is 0 Å². The molecule has 1 atom stereocenters. The number of amides is 1. The minimum atomic E-state index is -5.08. The molecule has 2 aromatic rings. The second kappa shape index (κ2) is 7.19. The zero-order valence-corrected chi connectivity index (χ0v) is 15.0. The fourth-order valence-electron chi connectivity index (χ4n) is 2.72. The summed E-state index contributed by atoms with van der Waals surface area (Å²) < 4.78 is 55.7. The Kier molecular flexibility index (Phi) is 5.07. The first-order chi connectivity index (χ1) is 13.2. The van der Waals surface area contributed by atoms with Crippen LogP contribution in [0.1, 0.15) is 29.7 Å². The van der Waals surface area contributed by atoms with Gasteiger partial charge in [-0.3, -0.25) is 4.79 Å². The topological polar surface area (TPSA) is 84.5 Å². The van der Waals surface area contributed by atoms with Crippen molar-refractivity contribution >= 4 is 11.6 Å². The van der Waals surface area contributed by atoms with E-state index in [9.17, 15) is 23.1 Å². The van der Waals surface area contributed by atoms with E-state index in [2.05, 4.69) is 5.10 Å². The molecule has 0 unspecified atom stereocenters. The third kappa shape index (κ3) is 3.55. The maximum Gasteiger partial charge on any atom is 0.438 e. The molecule has 1 aromatic heterocycles. The van der Waals surface area contributed by atoms with Gasteiger partial charge >= 0.3 is 12.1 Å². The van der Waals surface area contributed by atoms with E-state index in [1.165, 1.54) is 26.2 Å². The first-order valence-corrected chi connectivity index (χ1v) is 8.18. The number of para-hydroxylation sites is 2. The molecule has 0 fully saturated rings. The van der Waals surface area contributed by atoms with E-state index in [4.69, 9.17) is 13.9 Å². The van der Waals surface area contributed by atoms with E-state index in [0.29, 0.717) is 11.5 Å². The number of carbonyl (C=O) groups is 1. The lowest BCUT2D eigenvalue weighted by atomic mass is 10.1. The first-order valence-electron chi connectivity index (χ1n) is 8.18. The van der Waals surface area contributed by atoms with Gasteiger partial charge in [-0.2, -0.15) is 23.3 Å². The number of hydrazone groups is 1. The van der Waals surface area contributed by atoms with Gasteiger partial charge in [-0.15, -0.1) is 0 Å². The monoisotopic (exact) mass is 398 g/mol. The molecule has 1 N–H and O–H groups in total. The number of hydrogen-bond acceptors (Lipinski definition) is 6. The van der Waals surface area contributed by atoms with Crippen LogP contribution in [0.25, 0.3) is 0 Å². The van der Waals surface area contributed by atoms with Crippen LogP contribution in [0.4, 0.5) is 13.2 Å². The van der Waals surface area contributed by atoms with Crippen LogP contribution < -0.4 is 9.47 Å². The molecule has 0 spiro atoms. The van der Waals surface area contributed by atoms with Crippen LogP contribution in [0, 0.1) is 0 Å². The Balaban J connectivity index is 1.75. The highest BCUT2D eigenvalue weighted by Crippen LogP contribution is 2.41. The van der Waals surface area contributed by atoms with Crippen molar-refractivity contribution in [2.24, 2.45) is 5.10 Å².